The topological polar surface area (TPSA) is 26.3 Å². The summed E-state index contributed by atoms with van der Waals surface area (Å²) in [5.74, 6) is 0.0537. The Morgan fingerprint density at radius 3 is 2.53 bits per heavy atom. The van der Waals surface area contributed by atoms with Crippen molar-refractivity contribution in [3.63, 3.8) is 0 Å². The molecule has 0 fully saturated rings. The first-order valence-electron chi connectivity index (χ1n) is 5.95. The van der Waals surface area contributed by atoms with Crippen LogP contribution in [0.5, 0.6) is 0 Å². The lowest BCUT2D eigenvalue weighted by molar-refractivity contribution is -0.145. The minimum atomic E-state index is -0.0522. The molecule has 0 saturated heterocycles. The van der Waals surface area contributed by atoms with Gasteiger partial charge in [0.2, 0.25) is 0 Å². The third-order valence-electron chi connectivity index (χ3n) is 2.74. The standard InChI is InChI=1S/C13H24O2/c1-4-6-7-8-9-10-11-12(5-2)13(14)15-3/h4,12H,1,5-11H2,2-3H3. The van der Waals surface area contributed by atoms with Crippen molar-refractivity contribution in [1.82, 2.24) is 0 Å². The molecule has 0 bridgehead atoms. The molecule has 0 heterocycles. The van der Waals surface area contributed by atoms with Gasteiger partial charge in [0, 0.05) is 0 Å². The summed E-state index contributed by atoms with van der Waals surface area (Å²) in [6, 6.07) is 0. The van der Waals surface area contributed by atoms with E-state index in [1.807, 2.05) is 13.0 Å². The zero-order chi connectivity index (χ0) is 11.5. The molecule has 0 aliphatic heterocycles. The smallest absolute Gasteiger partial charge is 0.308 e. The molecular formula is C13H24O2. The number of esters is 1. The molecule has 0 spiro atoms. The van der Waals surface area contributed by atoms with Crippen LogP contribution in [0.25, 0.3) is 0 Å². The first kappa shape index (κ1) is 14.2. The van der Waals surface area contributed by atoms with Crippen LogP contribution >= 0.6 is 0 Å². The van der Waals surface area contributed by atoms with E-state index in [0.717, 1.165) is 25.7 Å². The van der Waals surface area contributed by atoms with Crippen LogP contribution in [0, 0.1) is 5.92 Å². The Hall–Kier alpha value is -0.790. The summed E-state index contributed by atoms with van der Waals surface area (Å²) in [5, 5.41) is 0. The Morgan fingerprint density at radius 1 is 1.33 bits per heavy atom. The molecule has 0 radical (unpaired) electrons. The molecule has 2 nitrogen and oxygen atoms in total. The number of unbranched alkanes of at least 4 members (excludes halogenated alkanes) is 4. The highest BCUT2D eigenvalue weighted by Gasteiger charge is 2.15. The number of carbonyl (C=O) groups is 1. The van der Waals surface area contributed by atoms with Gasteiger partial charge >= 0.3 is 5.97 Å². The number of hydrogen-bond acceptors (Lipinski definition) is 2. The van der Waals surface area contributed by atoms with E-state index in [-0.39, 0.29) is 11.9 Å². The molecule has 88 valence electrons. The molecule has 0 aromatic rings. The molecular weight excluding hydrogens is 188 g/mol. The molecule has 0 aliphatic rings. The SMILES string of the molecule is C=CCCCCCCC(CC)C(=O)OC. The van der Waals surface area contributed by atoms with E-state index in [1.165, 1.54) is 26.4 Å². The van der Waals surface area contributed by atoms with Gasteiger partial charge in [0.25, 0.3) is 0 Å². The maximum absolute atomic E-state index is 11.3. The summed E-state index contributed by atoms with van der Waals surface area (Å²) in [6.45, 7) is 5.73. The van der Waals surface area contributed by atoms with E-state index in [4.69, 9.17) is 4.74 Å². The first-order chi connectivity index (χ1) is 7.26. The van der Waals surface area contributed by atoms with Crippen molar-refractivity contribution in [3.8, 4) is 0 Å². The lowest BCUT2D eigenvalue weighted by Gasteiger charge is -2.11. The number of rotatable bonds is 9. The second-order valence-electron chi connectivity index (χ2n) is 3.91. The van der Waals surface area contributed by atoms with Gasteiger partial charge in [0.05, 0.1) is 13.0 Å². The van der Waals surface area contributed by atoms with E-state index >= 15 is 0 Å². The lowest BCUT2D eigenvalue weighted by atomic mass is 9.98. The third kappa shape index (κ3) is 7.18. The molecule has 0 amide bonds. The van der Waals surface area contributed by atoms with E-state index in [1.54, 1.807) is 0 Å². The molecule has 0 rings (SSSR count). The van der Waals surface area contributed by atoms with Gasteiger partial charge in [-0.25, -0.2) is 0 Å². The summed E-state index contributed by atoms with van der Waals surface area (Å²) in [6.07, 6.45) is 9.72. The maximum atomic E-state index is 11.3. The predicted molar refractivity (Wildman–Crippen MR) is 63.7 cm³/mol. The number of allylic oxidation sites excluding steroid dienone is 1. The van der Waals surface area contributed by atoms with E-state index < -0.39 is 0 Å². The summed E-state index contributed by atoms with van der Waals surface area (Å²) in [4.78, 5) is 11.3. The number of ether oxygens (including phenoxy) is 1. The summed E-state index contributed by atoms with van der Waals surface area (Å²) in [7, 11) is 1.47. The van der Waals surface area contributed by atoms with Crippen molar-refractivity contribution in [2.24, 2.45) is 5.92 Å². The Balaban J connectivity index is 3.46. The quantitative estimate of drug-likeness (QED) is 0.331. The van der Waals surface area contributed by atoms with Crippen LogP contribution in [0.15, 0.2) is 12.7 Å². The number of hydrogen-bond donors (Lipinski definition) is 0. The normalized spacial score (nSPS) is 12.1. The second-order valence-corrected chi connectivity index (χ2v) is 3.91. The van der Waals surface area contributed by atoms with Crippen molar-refractivity contribution >= 4 is 5.97 Å². The molecule has 2 heteroatoms. The van der Waals surface area contributed by atoms with Crippen LogP contribution < -0.4 is 0 Å². The van der Waals surface area contributed by atoms with Gasteiger partial charge in [-0.05, 0) is 25.7 Å². The first-order valence-corrected chi connectivity index (χ1v) is 5.95. The lowest BCUT2D eigenvalue weighted by Crippen LogP contribution is -2.15. The van der Waals surface area contributed by atoms with Crippen LogP contribution in [0.4, 0.5) is 0 Å². The third-order valence-corrected chi connectivity index (χ3v) is 2.74. The average molecular weight is 212 g/mol. The van der Waals surface area contributed by atoms with Crippen molar-refractivity contribution in [2.45, 2.75) is 51.9 Å². The predicted octanol–water partition coefficient (Wildman–Crippen LogP) is 3.71. The van der Waals surface area contributed by atoms with Crippen molar-refractivity contribution in [3.05, 3.63) is 12.7 Å². The second kappa shape index (κ2) is 9.75. The van der Waals surface area contributed by atoms with Crippen LogP contribution in [-0.2, 0) is 9.53 Å². The van der Waals surface area contributed by atoms with Crippen LogP contribution in [0.1, 0.15) is 51.9 Å². The fourth-order valence-corrected chi connectivity index (χ4v) is 1.69. The molecule has 0 aromatic carbocycles. The summed E-state index contributed by atoms with van der Waals surface area (Å²) >= 11 is 0. The molecule has 1 atom stereocenters. The highest BCUT2D eigenvalue weighted by Crippen LogP contribution is 2.15. The van der Waals surface area contributed by atoms with Gasteiger partial charge in [-0.1, -0.05) is 32.3 Å². The van der Waals surface area contributed by atoms with Gasteiger partial charge in [-0.3, -0.25) is 4.79 Å². The van der Waals surface area contributed by atoms with Crippen molar-refractivity contribution < 1.29 is 9.53 Å². The average Bonchev–Trinajstić information content (AvgIpc) is 2.27. The van der Waals surface area contributed by atoms with Crippen LogP contribution in [0.3, 0.4) is 0 Å². The Morgan fingerprint density at radius 2 is 2.00 bits per heavy atom. The fourth-order valence-electron chi connectivity index (χ4n) is 1.69. The van der Waals surface area contributed by atoms with Gasteiger partial charge in [-0.2, -0.15) is 0 Å². The Bertz CT molecular complexity index is 175. The fraction of sp³-hybridized carbons (Fsp3) is 0.769. The molecule has 1 unspecified atom stereocenters. The van der Waals surface area contributed by atoms with Crippen molar-refractivity contribution in [2.75, 3.05) is 7.11 Å². The molecule has 15 heavy (non-hydrogen) atoms. The van der Waals surface area contributed by atoms with Crippen LogP contribution in [-0.4, -0.2) is 13.1 Å². The zero-order valence-corrected chi connectivity index (χ0v) is 10.1. The largest absolute Gasteiger partial charge is 0.469 e. The highest BCUT2D eigenvalue weighted by molar-refractivity contribution is 5.72. The highest BCUT2D eigenvalue weighted by atomic mass is 16.5. The Labute approximate surface area is 93.7 Å². The van der Waals surface area contributed by atoms with Crippen LogP contribution in [0.2, 0.25) is 0 Å². The molecule has 0 aliphatic carbocycles. The van der Waals surface area contributed by atoms with Gasteiger partial charge in [0.15, 0.2) is 0 Å². The minimum absolute atomic E-state index is 0.0522. The van der Waals surface area contributed by atoms with E-state index in [2.05, 4.69) is 6.58 Å². The number of methoxy groups -OCH3 is 1. The minimum Gasteiger partial charge on any atom is -0.469 e. The van der Waals surface area contributed by atoms with Crippen molar-refractivity contribution in [1.29, 1.82) is 0 Å². The van der Waals surface area contributed by atoms with Gasteiger partial charge < -0.3 is 4.74 Å². The monoisotopic (exact) mass is 212 g/mol. The Kier molecular flexibility index (Phi) is 9.24. The molecule has 0 N–H and O–H groups in total. The maximum Gasteiger partial charge on any atom is 0.308 e. The van der Waals surface area contributed by atoms with Gasteiger partial charge in [0.1, 0.15) is 0 Å². The molecule has 0 saturated carbocycles. The molecule has 0 aromatic heterocycles. The van der Waals surface area contributed by atoms with E-state index in [0.29, 0.717) is 0 Å². The number of carbonyl (C=O) groups excluding carboxylic acids is 1. The van der Waals surface area contributed by atoms with E-state index in [9.17, 15) is 4.79 Å². The summed E-state index contributed by atoms with van der Waals surface area (Å²) < 4.78 is 4.75. The zero-order valence-electron chi connectivity index (χ0n) is 10.1. The van der Waals surface area contributed by atoms with Gasteiger partial charge in [-0.15, -0.1) is 6.58 Å². The summed E-state index contributed by atoms with van der Waals surface area (Å²) in [5.41, 5.74) is 0.